The summed E-state index contributed by atoms with van der Waals surface area (Å²) in [6, 6.07) is 10.3. The zero-order valence-electron chi connectivity index (χ0n) is 16.4. The van der Waals surface area contributed by atoms with Crippen LogP contribution in [0.25, 0.3) is 0 Å². The fourth-order valence-corrected chi connectivity index (χ4v) is 5.06. The van der Waals surface area contributed by atoms with Crippen molar-refractivity contribution in [3.05, 3.63) is 52.8 Å². The number of amides is 2. The van der Waals surface area contributed by atoms with Crippen LogP contribution in [0.2, 0.25) is 0 Å². The minimum absolute atomic E-state index is 0.00968. The summed E-state index contributed by atoms with van der Waals surface area (Å²) in [6.45, 7) is 5.84. The molecule has 146 valence electrons. The van der Waals surface area contributed by atoms with E-state index < -0.39 is 0 Å². The average Bonchev–Trinajstić information content (AvgIpc) is 3.12. The molecule has 3 fully saturated rings. The number of aromatic amines is 1. The molecular weight excluding hydrogens is 352 g/mol. The SMILES string of the molecule is CC(=O)N1C[C@H]2CN(C(=O)c3cc(C4CC4)[nH]n3)C[C@H]2[C@@H]1c1ccccc1C. The van der Waals surface area contributed by atoms with Crippen molar-refractivity contribution in [1.82, 2.24) is 20.0 Å². The van der Waals surface area contributed by atoms with Crippen LogP contribution in [0.15, 0.2) is 30.3 Å². The number of hydrogen-bond donors (Lipinski definition) is 1. The van der Waals surface area contributed by atoms with Gasteiger partial charge in [0.1, 0.15) is 5.69 Å². The number of carbonyl (C=O) groups is 2. The molecule has 6 nitrogen and oxygen atoms in total. The van der Waals surface area contributed by atoms with E-state index in [1.165, 1.54) is 24.0 Å². The predicted octanol–water partition coefficient (Wildman–Crippen LogP) is 2.89. The van der Waals surface area contributed by atoms with Crippen LogP contribution in [0.4, 0.5) is 0 Å². The monoisotopic (exact) mass is 378 g/mol. The first-order valence-electron chi connectivity index (χ1n) is 10.2. The summed E-state index contributed by atoms with van der Waals surface area (Å²) in [7, 11) is 0. The maximum absolute atomic E-state index is 13.0. The molecule has 2 aromatic rings. The summed E-state index contributed by atoms with van der Waals surface area (Å²) in [5, 5.41) is 7.31. The number of nitrogens with zero attached hydrogens (tertiary/aromatic N) is 3. The Morgan fingerprint density at radius 3 is 2.64 bits per heavy atom. The van der Waals surface area contributed by atoms with E-state index in [1.54, 1.807) is 6.92 Å². The predicted molar refractivity (Wildman–Crippen MR) is 105 cm³/mol. The Hall–Kier alpha value is -2.63. The van der Waals surface area contributed by atoms with Crippen molar-refractivity contribution in [3.8, 4) is 0 Å². The molecule has 3 atom stereocenters. The highest BCUT2D eigenvalue weighted by Crippen LogP contribution is 2.46. The Labute approximate surface area is 164 Å². The van der Waals surface area contributed by atoms with Gasteiger partial charge in [-0.2, -0.15) is 5.10 Å². The molecule has 1 aromatic heterocycles. The van der Waals surface area contributed by atoms with Crippen molar-refractivity contribution in [2.24, 2.45) is 11.8 Å². The number of carbonyl (C=O) groups excluding carboxylic acids is 2. The molecule has 1 saturated carbocycles. The molecule has 0 spiro atoms. The number of hydrogen-bond acceptors (Lipinski definition) is 3. The van der Waals surface area contributed by atoms with Crippen LogP contribution in [0, 0.1) is 18.8 Å². The Morgan fingerprint density at radius 1 is 1.14 bits per heavy atom. The van der Waals surface area contributed by atoms with Crippen LogP contribution in [-0.4, -0.2) is 51.4 Å². The van der Waals surface area contributed by atoms with E-state index in [9.17, 15) is 9.59 Å². The Morgan fingerprint density at radius 2 is 1.93 bits per heavy atom. The molecular formula is C22H26N4O2. The van der Waals surface area contributed by atoms with Gasteiger partial charge in [-0.15, -0.1) is 0 Å². The van der Waals surface area contributed by atoms with Gasteiger partial charge >= 0.3 is 0 Å². The first-order chi connectivity index (χ1) is 13.5. The summed E-state index contributed by atoms with van der Waals surface area (Å²) in [5.41, 5.74) is 4.02. The quantitative estimate of drug-likeness (QED) is 0.893. The second-order valence-electron chi connectivity index (χ2n) is 8.59. The van der Waals surface area contributed by atoms with Gasteiger partial charge in [-0.25, -0.2) is 0 Å². The lowest BCUT2D eigenvalue weighted by atomic mass is 9.87. The lowest BCUT2D eigenvalue weighted by molar-refractivity contribution is -0.130. The number of likely N-dealkylation sites (tertiary alicyclic amines) is 2. The van der Waals surface area contributed by atoms with Crippen LogP contribution < -0.4 is 0 Å². The van der Waals surface area contributed by atoms with E-state index >= 15 is 0 Å². The zero-order chi connectivity index (χ0) is 19.4. The van der Waals surface area contributed by atoms with Gasteiger partial charge in [-0.05, 0) is 37.0 Å². The Kier molecular flexibility index (Phi) is 4.03. The Balaban J connectivity index is 1.39. The number of H-pyrrole nitrogens is 1. The second-order valence-corrected chi connectivity index (χ2v) is 8.59. The van der Waals surface area contributed by atoms with Crippen LogP contribution in [-0.2, 0) is 4.79 Å². The fourth-order valence-electron chi connectivity index (χ4n) is 5.06. The topological polar surface area (TPSA) is 69.3 Å². The van der Waals surface area contributed by atoms with Crippen LogP contribution in [0.5, 0.6) is 0 Å². The van der Waals surface area contributed by atoms with Gasteiger partial charge in [-0.3, -0.25) is 14.7 Å². The summed E-state index contributed by atoms with van der Waals surface area (Å²) in [4.78, 5) is 29.3. The maximum atomic E-state index is 13.0. The number of aryl methyl sites for hydroxylation is 1. The van der Waals surface area contributed by atoms with Gasteiger partial charge in [0.05, 0.1) is 6.04 Å². The molecule has 5 rings (SSSR count). The molecule has 3 heterocycles. The molecule has 1 N–H and O–H groups in total. The zero-order valence-corrected chi connectivity index (χ0v) is 16.4. The molecule has 2 saturated heterocycles. The van der Waals surface area contributed by atoms with Crippen molar-refractivity contribution >= 4 is 11.8 Å². The molecule has 1 aliphatic carbocycles. The summed E-state index contributed by atoms with van der Waals surface area (Å²) in [6.07, 6.45) is 2.37. The second kappa shape index (κ2) is 6.47. The van der Waals surface area contributed by atoms with E-state index in [4.69, 9.17) is 0 Å². The van der Waals surface area contributed by atoms with E-state index in [2.05, 4.69) is 29.3 Å². The fraction of sp³-hybridized carbons (Fsp3) is 0.500. The van der Waals surface area contributed by atoms with E-state index in [0.717, 1.165) is 12.2 Å². The van der Waals surface area contributed by atoms with Crippen molar-refractivity contribution < 1.29 is 9.59 Å². The van der Waals surface area contributed by atoms with Crippen LogP contribution in [0.1, 0.15) is 59.0 Å². The van der Waals surface area contributed by atoms with Gasteiger partial charge in [0, 0.05) is 50.0 Å². The number of fused-ring (bicyclic) bond motifs is 1. The molecule has 6 heteroatoms. The molecule has 2 amide bonds. The lowest BCUT2D eigenvalue weighted by Crippen LogP contribution is -2.36. The van der Waals surface area contributed by atoms with Gasteiger partial charge in [0.25, 0.3) is 5.91 Å². The van der Waals surface area contributed by atoms with Gasteiger partial charge in [-0.1, -0.05) is 24.3 Å². The van der Waals surface area contributed by atoms with Gasteiger partial charge in [0.15, 0.2) is 0 Å². The van der Waals surface area contributed by atoms with Crippen molar-refractivity contribution in [1.29, 1.82) is 0 Å². The average molecular weight is 378 g/mol. The first kappa shape index (κ1) is 17.5. The minimum atomic E-state index is 0.00968. The van der Waals surface area contributed by atoms with Crippen molar-refractivity contribution in [2.45, 2.75) is 38.6 Å². The third-order valence-corrected chi connectivity index (χ3v) is 6.70. The van der Waals surface area contributed by atoms with E-state index in [-0.39, 0.29) is 23.8 Å². The number of aromatic nitrogens is 2. The lowest BCUT2D eigenvalue weighted by Gasteiger charge is -2.30. The summed E-state index contributed by atoms with van der Waals surface area (Å²) in [5.74, 6) is 1.27. The van der Waals surface area contributed by atoms with Gasteiger partial charge < -0.3 is 9.80 Å². The molecule has 0 unspecified atom stereocenters. The minimum Gasteiger partial charge on any atom is -0.337 e. The molecule has 3 aliphatic rings. The van der Waals surface area contributed by atoms with Crippen LogP contribution in [0.3, 0.4) is 0 Å². The smallest absolute Gasteiger partial charge is 0.274 e. The van der Waals surface area contributed by atoms with Crippen LogP contribution >= 0.6 is 0 Å². The Bertz CT molecular complexity index is 932. The van der Waals surface area contributed by atoms with E-state index in [1.807, 2.05) is 28.0 Å². The van der Waals surface area contributed by atoms with Crippen molar-refractivity contribution in [2.75, 3.05) is 19.6 Å². The maximum Gasteiger partial charge on any atom is 0.274 e. The normalized spacial score (nSPS) is 26.6. The van der Waals surface area contributed by atoms with Gasteiger partial charge in [0.2, 0.25) is 5.91 Å². The third-order valence-electron chi connectivity index (χ3n) is 6.70. The molecule has 2 aliphatic heterocycles. The molecule has 0 radical (unpaired) electrons. The van der Waals surface area contributed by atoms with E-state index in [0.29, 0.717) is 30.6 Å². The number of rotatable bonds is 3. The first-order valence-corrected chi connectivity index (χ1v) is 10.2. The third kappa shape index (κ3) is 2.82. The molecule has 28 heavy (non-hydrogen) atoms. The number of benzene rings is 1. The number of nitrogens with one attached hydrogen (secondary N) is 1. The highest BCUT2D eigenvalue weighted by Gasteiger charge is 2.50. The molecule has 1 aromatic carbocycles. The van der Waals surface area contributed by atoms with Crippen molar-refractivity contribution in [3.63, 3.8) is 0 Å². The largest absolute Gasteiger partial charge is 0.337 e. The molecule has 0 bridgehead atoms. The summed E-state index contributed by atoms with van der Waals surface area (Å²) < 4.78 is 0. The highest BCUT2D eigenvalue weighted by atomic mass is 16.2. The summed E-state index contributed by atoms with van der Waals surface area (Å²) >= 11 is 0. The standard InChI is InChI=1S/C22H26N4O2/c1-13-5-3-4-6-17(13)21-18-12-25(10-16(18)11-26(21)14(2)27)22(28)20-9-19(23-24-20)15-7-8-15/h3-6,9,15-16,18,21H,7-8,10-12H2,1-2H3,(H,23,24)/t16-,18-,21+/m1/s1. The highest BCUT2D eigenvalue weighted by molar-refractivity contribution is 5.92.